The summed E-state index contributed by atoms with van der Waals surface area (Å²) in [7, 11) is 0. The van der Waals surface area contributed by atoms with Crippen LogP contribution in [0.25, 0.3) is 0 Å². The molecule has 1 rings (SSSR count). The predicted octanol–water partition coefficient (Wildman–Crippen LogP) is -2.91. The third-order valence-electron chi connectivity index (χ3n) is 2.96. The Morgan fingerprint density at radius 1 is 1.05 bits per heavy atom. The van der Waals surface area contributed by atoms with E-state index in [0.29, 0.717) is 6.42 Å². The topological polar surface area (TPSA) is 130 Å². The maximum absolute atomic E-state index is 11.7. The van der Waals surface area contributed by atoms with E-state index in [4.69, 9.17) is 5.73 Å². The number of Topliss-reactive ketones (excluding diaryl/α,β-unsaturated/α-hetero) is 1. The number of nitrogens with one attached hydrogen (secondary N) is 3. The quantitative estimate of drug-likeness (QED) is 0.209. The van der Waals surface area contributed by atoms with Gasteiger partial charge in [-0.05, 0) is 12.8 Å². The van der Waals surface area contributed by atoms with Gasteiger partial charge < -0.3 is 40.0 Å². The van der Waals surface area contributed by atoms with Crippen molar-refractivity contribution in [3.63, 3.8) is 0 Å². The Morgan fingerprint density at radius 3 is 2.36 bits per heavy atom. The summed E-state index contributed by atoms with van der Waals surface area (Å²) >= 11 is 0. The van der Waals surface area contributed by atoms with E-state index in [-0.39, 0.29) is 96.3 Å². The molecule has 10 heteroatoms. The van der Waals surface area contributed by atoms with Crippen molar-refractivity contribution in [1.29, 1.82) is 0 Å². The summed E-state index contributed by atoms with van der Waals surface area (Å²) in [6.07, 6.45) is 2.35. The molecule has 123 valence electrons. The largest absolute Gasteiger partial charge is 0.813 e. The van der Waals surface area contributed by atoms with E-state index >= 15 is 0 Å². The summed E-state index contributed by atoms with van der Waals surface area (Å²) in [5.74, 6) is -0.924. The minimum atomic E-state index is -0.766. The molecule has 2 amide bonds. The average Bonchev–Trinajstić information content (AvgIpc) is 2.44. The van der Waals surface area contributed by atoms with Gasteiger partial charge in [0.15, 0.2) is 5.78 Å². The fraction of sp³-hybridized carbons (Fsp3) is 0.667. The molecular formula is C12H20N4O4SY-2. The Morgan fingerprint density at radius 2 is 1.73 bits per heavy atom. The van der Waals surface area contributed by atoms with E-state index in [1.54, 1.807) is 6.29 Å². The number of hydrogen-bond donors (Lipinski definition) is 4. The van der Waals surface area contributed by atoms with Crippen molar-refractivity contribution in [2.75, 3.05) is 19.6 Å². The Hall–Kier alpha value is -0.346. The van der Waals surface area contributed by atoms with Crippen molar-refractivity contribution in [3.05, 3.63) is 0 Å². The van der Waals surface area contributed by atoms with Crippen molar-refractivity contribution in [2.45, 2.75) is 31.3 Å². The van der Waals surface area contributed by atoms with Crippen LogP contribution >= 0.6 is 0 Å². The van der Waals surface area contributed by atoms with Gasteiger partial charge in [-0.25, -0.2) is 6.29 Å². The van der Waals surface area contributed by atoms with Gasteiger partial charge in [0.2, 0.25) is 11.8 Å². The van der Waals surface area contributed by atoms with Crippen molar-refractivity contribution >= 4 is 37.4 Å². The Labute approximate surface area is 161 Å². The Kier molecular flexibility index (Phi) is 14.3. The summed E-state index contributed by atoms with van der Waals surface area (Å²) in [5, 5.41) is 7.72. The number of ketones is 1. The third kappa shape index (κ3) is 9.63. The number of nitrogens with two attached hydrogens (primary N) is 1. The van der Waals surface area contributed by atoms with E-state index in [0.717, 1.165) is 0 Å². The van der Waals surface area contributed by atoms with Gasteiger partial charge in [-0.15, -0.1) is 0 Å². The van der Waals surface area contributed by atoms with Crippen LogP contribution in [0, 0.1) is 0 Å². The molecule has 1 aliphatic rings. The Bertz CT molecular complexity index is 397. The molecule has 1 aliphatic heterocycles. The van der Waals surface area contributed by atoms with Crippen LogP contribution in [-0.4, -0.2) is 55.6 Å². The molecular weight excluding hydrogens is 385 g/mol. The zero-order chi connectivity index (χ0) is 15.0. The first kappa shape index (κ1) is 23.9. The molecule has 0 saturated carbocycles. The van der Waals surface area contributed by atoms with Gasteiger partial charge in [-0.3, -0.25) is 14.4 Å². The van der Waals surface area contributed by atoms with Crippen LogP contribution in [0.5, 0.6) is 0 Å². The number of amides is 2. The number of carbonyl (C=O) groups excluding carboxylic acids is 4. The molecule has 1 radical (unpaired) electrons. The van der Waals surface area contributed by atoms with Gasteiger partial charge in [-0.1, -0.05) is 6.04 Å². The van der Waals surface area contributed by atoms with Crippen LogP contribution in [0.4, 0.5) is 0 Å². The van der Waals surface area contributed by atoms with Gasteiger partial charge in [0.05, 0.1) is 19.1 Å². The maximum atomic E-state index is 11.7. The van der Waals surface area contributed by atoms with Crippen molar-refractivity contribution in [1.82, 2.24) is 16.0 Å². The summed E-state index contributed by atoms with van der Waals surface area (Å²) in [5.41, 5.74) is 5.66. The minimum Gasteiger partial charge on any atom is -0.813 e. The van der Waals surface area contributed by atoms with E-state index in [2.05, 4.69) is 16.0 Å². The molecule has 0 aromatic heterocycles. The molecule has 0 aromatic rings. The van der Waals surface area contributed by atoms with Crippen molar-refractivity contribution < 1.29 is 51.9 Å². The fourth-order valence-corrected chi connectivity index (χ4v) is 1.69. The zero-order valence-corrected chi connectivity index (χ0v) is 15.9. The molecule has 2 atom stereocenters. The molecule has 1 saturated heterocycles. The standard InChI is InChI=1S/C12H19N4O4.H2S.Y/c13-9-1-2-11(19)16-6-12(20)14-4-3-8(7-17)15-5-10(9)18;;/h8-9,15H,1-6,13H2,(H,14,20)(H,16,19);1H2;/q-1;;/p-1. The molecule has 0 spiro atoms. The summed E-state index contributed by atoms with van der Waals surface area (Å²) < 4.78 is 0. The van der Waals surface area contributed by atoms with E-state index < -0.39 is 12.1 Å². The van der Waals surface area contributed by atoms with E-state index in [1.807, 2.05) is 0 Å². The minimum absolute atomic E-state index is 0. The van der Waals surface area contributed by atoms with Gasteiger partial charge in [-0.2, -0.15) is 0 Å². The van der Waals surface area contributed by atoms with Crippen LogP contribution in [0.3, 0.4) is 0 Å². The normalized spacial score (nSPS) is 24.7. The first-order valence-electron chi connectivity index (χ1n) is 6.45. The second kappa shape index (κ2) is 13.1. The fourth-order valence-electron chi connectivity index (χ4n) is 1.69. The first-order chi connectivity index (χ1) is 9.52. The molecule has 1 heterocycles. The molecule has 0 aromatic carbocycles. The Balaban J connectivity index is 0. The van der Waals surface area contributed by atoms with E-state index in [1.165, 1.54) is 0 Å². The molecule has 1 fully saturated rings. The third-order valence-corrected chi connectivity index (χ3v) is 2.96. The number of hydrogen-bond acceptors (Lipinski definition) is 7. The van der Waals surface area contributed by atoms with Crippen LogP contribution in [-0.2, 0) is 65.4 Å². The van der Waals surface area contributed by atoms with Gasteiger partial charge >= 0.3 is 0 Å². The van der Waals surface area contributed by atoms with Crippen LogP contribution in [0.15, 0.2) is 0 Å². The van der Waals surface area contributed by atoms with Crippen LogP contribution in [0.1, 0.15) is 19.3 Å². The molecule has 5 N–H and O–H groups in total. The monoisotopic (exact) mass is 405 g/mol. The second-order valence-corrected chi connectivity index (χ2v) is 4.58. The van der Waals surface area contributed by atoms with Crippen LogP contribution < -0.4 is 21.7 Å². The number of thiol groups is 1. The first-order valence-corrected chi connectivity index (χ1v) is 6.45. The molecule has 2 unspecified atom stereocenters. The van der Waals surface area contributed by atoms with Crippen molar-refractivity contribution in [2.24, 2.45) is 5.73 Å². The zero-order valence-electron chi connectivity index (χ0n) is 12.1. The van der Waals surface area contributed by atoms with Gasteiger partial charge in [0, 0.05) is 45.7 Å². The number of rotatable bonds is 1. The molecule has 8 nitrogen and oxygen atoms in total. The summed E-state index contributed by atoms with van der Waals surface area (Å²) in [6, 6.07) is -1.40. The SMILES string of the molecule is NC1CCC(=O)NCC(=O)NCCC([C-]=O)NCC1=O.[SH-].[Y]. The average molecular weight is 405 g/mol. The smallest absolute Gasteiger partial charge is 0.239 e. The summed E-state index contributed by atoms with van der Waals surface area (Å²) in [6.45, 7) is 0.0589. The molecule has 0 bridgehead atoms. The molecule has 22 heavy (non-hydrogen) atoms. The maximum Gasteiger partial charge on any atom is 0.239 e. The van der Waals surface area contributed by atoms with Crippen molar-refractivity contribution in [3.8, 4) is 0 Å². The van der Waals surface area contributed by atoms with Gasteiger partial charge in [0.1, 0.15) is 0 Å². The predicted molar refractivity (Wildman–Crippen MR) is 79.1 cm³/mol. The van der Waals surface area contributed by atoms with Gasteiger partial charge in [0.25, 0.3) is 0 Å². The van der Waals surface area contributed by atoms with Crippen LogP contribution in [0.2, 0.25) is 0 Å². The van der Waals surface area contributed by atoms with E-state index in [9.17, 15) is 19.2 Å². The second-order valence-electron chi connectivity index (χ2n) is 4.58. The number of carbonyl (C=O) groups is 3. The summed E-state index contributed by atoms with van der Waals surface area (Å²) in [4.78, 5) is 45.2. The molecule has 0 aliphatic carbocycles.